The van der Waals surface area contributed by atoms with Crippen LogP contribution in [0.25, 0.3) is 0 Å². The second-order valence-corrected chi connectivity index (χ2v) is 6.05. The highest BCUT2D eigenvalue weighted by atomic mass is 79.9. The van der Waals surface area contributed by atoms with Gasteiger partial charge in [0.1, 0.15) is 10.4 Å². The van der Waals surface area contributed by atoms with E-state index in [0.29, 0.717) is 0 Å². The number of pyridine rings is 1. The molecule has 1 saturated carbocycles. The number of phenolic OH excluding ortho intramolecular Hbond substituents is 2. The Labute approximate surface area is 131 Å². The fourth-order valence-corrected chi connectivity index (χ4v) is 2.81. The lowest BCUT2D eigenvalue weighted by Crippen LogP contribution is -2.16. The minimum atomic E-state index is -0.199. The number of aromatic nitrogens is 1. The first kappa shape index (κ1) is 13.9. The molecule has 1 aliphatic rings. The molecule has 1 fully saturated rings. The fourth-order valence-electron chi connectivity index (χ4n) is 2.46. The second kappa shape index (κ2) is 5.07. The Bertz CT molecular complexity index is 711. The van der Waals surface area contributed by atoms with Crippen LogP contribution in [0.2, 0.25) is 0 Å². The van der Waals surface area contributed by atoms with Gasteiger partial charge >= 0.3 is 0 Å². The van der Waals surface area contributed by atoms with Gasteiger partial charge in [0.25, 0.3) is 0 Å². The highest BCUT2D eigenvalue weighted by molar-refractivity contribution is 9.10. The number of nitrogens with zero attached hydrogens (tertiary/aromatic N) is 1. The molecule has 0 spiro atoms. The van der Waals surface area contributed by atoms with Crippen molar-refractivity contribution in [2.45, 2.75) is 18.3 Å². The molecule has 0 atom stereocenters. The number of phenols is 2. The summed E-state index contributed by atoms with van der Waals surface area (Å²) in [5.74, 6) is 0.512. The highest BCUT2D eigenvalue weighted by Crippen LogP contribution is 2.54. The van der Waals surface area contributed by atoms with E-state index in [2.05, 4.69) is 32.8 Å². The number of aromatic hydroxyl groups is 2. The summed E-state index contributed by atoms with van der Waals surface area (Å²) in [4.78, 5) is 4.34. The number of allylic oxidation sites excluding steroid dienone is 1. The summed E-state index contributed by atoms with van der Waals surface area (Å²) < 4.78 is 0.757. The summed E-state index contributed by atoms with van der Waals surface area (Å²) in [7, 11) is 0. The lowest BCUT2D eigenvalue weighted by molar-refractivity contribution is 0.402. The van der Waals surface area contributed by atoms with E-state index < -0.39 is 0 Å². The number of halogens is 1. The minimum absolute atomic E-state index is 0.104. The topological polar surface area (TPSA) is 65.4 Å². The molecule has 1 heterocycles. The number of anilines is 1. The third kappa shape index (κ3) is 2.61. The number of nitrogens with one attached hydrogen (secondary N) is 1. The van der Waals surface area contributed by atoms with Gasteiger partial charge in [0, 0.05) is 11.1 Å². The van der Waals surface area contributed by atoms with Gasteiger partial charge in [0.05, 0.1) is 0 Å². The molecule has 0 radical (unpaired) electrons. The largest absolute Gasteiger partial charge is 0.504 e. The summed E-state index contributed by atoms with van der Waals surface area (Å²) in [5, 5.41) is 22.3. The van der Waals surface area contributed by atoms with Gasteiger partial charge in [-0.25, -0.2) is 4.98 Å². The SMILES string of the molecule is C=C(Nc1cccc(Br)n1)C1(c2ccc(O)c(O)c2)CC1. The highest BCUT2D eigenvalue weighted by Gasteiger charge is 2.47. The van der Waals surface area contributed by atoms with E-state index in [1.165, 1.54) is 6.07 Å². The zero-order valence-electron chi connectivity index (χ0n) is 11.3. The normalized spacial score (nSPS) is 15.5. The third-order valence-corrected chi connectivity index (χ3v) is 4.29. The minimum Gasteiger partial charge on any atom is -0.504 e. The molecule has 0 saturated heterocycles. The van der Waals surface area contributed by atoms with E-state index in [1.54, 1.807) is 6.07 Å². The molecule has 3 rings (SSSR count). The average Bonchev–Trinajstić information content (AvgIpc) is 3.23. The maximum atomic E-state index is 9.68. The molecule has 4 nitrogen and oxygen atoms in total. The zero-order chi connectivity index (χ0) is 15.0. The monoisotopic (exact) mass is 346 g/mol. The average molecular weight is 347 g/mol. The summed E-state index contributed by atoms with van der Waals surface area (Å²) >= 11 is 3.34. The summed E-state index contributed by atoms with van der Waals surface area (Å²) in [5.41, 5.74) is 1.60. The Kier molecular flexibility index (Phi) is 3.37. The van der Waals surface area contributed by atoms with E-state index in [0.717, 1.165) is 34.5 Å². The number of hydrogen-bond donors (Lipinski definition) is 3. The maximum absolute atomic E-state index is 9.68. The molecule has 0 bridgehead atoms. The molecule has 1 aromatic heterocycles. The molecule has 2 aromatic rings. The van der Waals surface area contributed by atoms with Gasteiger partial charge < -0.3 is 15.5 Å². The lowest BCUT2D eigenvalue weighted by Gasteiger charge is -2.20. The van der Waals surface area contributed by atoms with Crippen LogP contribution in [0.1, 0.15) is 18.4 Å². The Morgan fingerprint density at radius 3 is 2.57 bits per heavy atom. The van der Waals surface area contributed by atoms with Crippen molar-refractivity contribution >= 4 is 21.7 Å². The van der Waals surface area contributed by atoms with Crippen LogP contribution in [0, 0.1) is 0 Å². The molecule has 0 unspecified atom stereocenters. The number of hydrogen-bond acceptors (Lipinski definition) is 4. The molecule has 21 heavy (non-hydrogen) atoms. The van der Waals surface area contributed by atoms with E-state index >= 15 is 0 Å². The van der Waals surface area contributed by atoms with Crippen LogP contribution in [0.3, 0.4) is 0 Å². The van der Waals surface area contributed by atoms with Crippen molar-refractivity contribution in [3.05, 3.63) is 58.8 Å². The Morgan fingerprint density at radius 1 is 1.19 bits per heavy atom. The van der Waals surface area contributed by atoms with Gasteiger partial charge in [-0.3, -0.25) is 0 Å². The predicted octanol–water partition coefficient (Wildman–Crippen LogP) is 3.91. The lowest BCUT2D eigenvalue weighted by atomic mass is 9.92. The maximum Gasteiger partial charge on any atom is 0.157 e. The first-order valence-electron chi connectivity index (χ1n) is 6.63. The Balaban J connectivity index is 1.85. The summed E-state index contributed by atoms with van der Waals surface area (Å²) in [6.07, 6.45) is 1.91. The summed E-state index contributed by atoms with van der Waals surface area (Å²) in [6, 6.07) is 10.6. The van der Waals surface area contributed by atoms with Crippen LogP contribution >= 0.6 is 15.9 Å². The Hall–Kier alpha value is -2.01. The first-order chi connectivity index (χ1) is 10.0. The van der Waals surface area contributed by atoms with Gasteiger partial charge in [-0.2, -0.15) is 0 Å². The second-order valence-electron chi connectivity index (χ2n) is 5.23. The van der Waals surface area contributed by atoms with Crippen molar-refractivity contribution in [1.29, 1.82) is 0 Å². The van der Waals surface area contributed by atoms with Crippen molar-refractivity contribution in [1.82, 2.24) is 4.98 Å². The van der Waals surface area contributed by atoms with Crippen LogP contribution in [-0.4, -0.2) is 15.2 Å². The smallest absolute Gasteiger partial charge is 0.157 e. The van der Waals surface area contributed by atoms with Gasteiger partial charge in [-0.15, -0.1) is 0 Å². The van der Waals surface area contributed by atoms with E-state index in [-0.39, 0.29) is 16.9 Å². The van der Waals surface area contributed by atoms with Gasteiger partial charge in [-0.1, -0.05) is 18.7 Å². The van der Waals surface area contributed by atoms with Crippen LogP contribution in [0.5, 0.6) is 11.5 Å². The molecule has 108 valence electrons. The number of rotatable bonds is 4. The third-order valence-electron chi connectivity index (χ3n) is 3.85. The van der Waals surface area contributed by atoms with Crippen molar-refractivity contribution in [2.75, 3.05) is 5.32 Å². The standard InChI is InChI=1S/C16H15BrN2O2/c1-10(18-15-4-2-3-14(17)19-15)16(7-8-16)11-5-6-12(20)13(21)9-11/h2-6,9,20-21H,1,7-8H2,(H,18,19). The molecular weight excluding hydrogens is 332 g/mol. The fraction of sp³-hybridized carbons (Fsp3) is 0.188. The molecule has 1 aliphatic carbocycles. The predicted molar refractivity (Wildman–Crippen MR) is 85.4 cm³/mol. The van der Waals surface area contributed by atoms with Crippen molar-refractivity contribution in [3.8, 4) is 11.5 Å². The first-order valence-corrected chi connectivity index (χ1v) is 7.42. The molecule has 0 amide bonds. The zero-order valence-corrected chi connectivity index (χ0v) is 12.9. The van der Waals surface area contributed by atoms with Gasteiger partial charge in [0.2, 0.25) is 0 Å². The number of benzene rings is 1. The quantitative estimate of drug-likeness (QED) is 0.580. The van der Waals surface area contributed by atoms with E-state index in [1.807, 2.05) is 24.3 Å². The van der Waals surface area contributed by atoms with E-state index in [4.69, 9.17) is 0 Å². The van der Waals surface area contributed by atoms with Crippen molar-refractivity contribution in [3.63, 3.8) is 0 Å². The molecular formula is C16H15BrN2O2. The molecule has 5 heteroatoms. The van der Waals surface area contributed by atoms with Crippen LogP contribution in [0.4, 0.5) is 5.82 Å². The van der Waals surface area contributed by atoms with Crippen LogP contribution in [-0.2, 0) is 5.41 Å². The molecule has 0 aliphatic heterocycles. The Morgan fingerprint density at radius 2 is 1.95 bits per heavy atom. The molecule has 1 aromatic carbocycles. The van der Waals surface area contributed by atoms with E-state index in [9.17, 15) is 10.2 Å². The van der Waals surface area contributed by atoms with Crippen molar-refractivity contribution in [2.24, 2.45) is 0 Å². The van der Waals surface area contributed by atoms with Gasteiger partial charge in [-0.05, 0) is 58.6 Å². The van der Waals surface area contributed by atoms with Crippen LogP contribution < -0.4 is 5.32 Å². The molecule has 3 N–H and O–H groups in total. The van der Waals surface area contributed by atoms with Gasteiger partial charge in [0.15, 0.2) is 11.5 Å². The van der Waals surface area contributed by atoms with Crippen LogP contribution in [0.15, 0.2) is 53.3 Å². The summed E-state index contributed by atoms with van der Waals surface area (Å²) in [6.45, 7) is 4.13. The van der Waals surface area contributed by atoms with Crippen molar-refractivity contribution < 1.29 is 10.2 Å².